The molecule has 0 radical (unpaired) electrons. The molecule has 0 unspecified atom stereocenters. The molecule has 4 aromatic carbocycles. The molecule has 0 fully saturated rings. The van der Waals surface area contributed by atoms with Gasteiger partial charge in [0, 0.05) is 0 Å². The van der Waals surface area contributed by atoms with E-state index in [0.29, 0.717) is 6.42 Å². The van der Waals surface area contributed by atoms with Crippen molar-refractivity contribution >= 4 is 13.9 Å². The molecule has 1 N–H and O–H groups in total. The zero-order valence-electron chi connectivity index (χ0n) is 21.6. The Labute approximate surface area is 229 Å². The van der Waals surface area contributed by atoms with Gasteiger partial charge >= 0.3 is 13.9 Å². The van der Waals surface area contributed by atoms with E-state index in [4.69, 9.17) is 18.3 Å². The lowest BCUT2D eigenvalue weighted by atomic mass is 10.1. The van der Waals surface area contributed by atoms with Crippen molar-refractivity contribution in [2.24, 2.45) is 0 Å². The van der Waals surface area contributed by atoms with Crippen molar-refractivity contribution in [3.63, 3.8) is 0 Å². The quantitative estimate of drug-likeness (QED) is 0.171. The predicted octanol–water partition coefficient (Wildman–Crippen LogP) is 7.08. The Kier molecular flexibility index (Phi) is 10.9. The monoisotopic (exact) mass is 545 g/mol. The van der Waals surface area contributed by atoms with Crippen LogP contribution in [0.4, 0.5) is 4.79 Å². The number of phosphoric ester groups is 1. The van der Waals surface area contributed by atoms with E-state index >= 15 is 0 Å². The molecule has 4 rings (SSSR count). The maximum Gasteiger partial charge on any atom is 0.475 e. The molecule has 39 heavy (non-hydrogen) atoms. The fraction of sp³-hybridized carbons (Fsp3) is 0.194. The minimum Gasteiger partial charge on any atom is -0.445 e. The van der Waals surface area contributed by atoms with Crippen LogP contribution in [0.25, 0.3) is 0 Å². The Hall–Kier alpha value is -3.74. The van der Waals surface area contributed by atoms with E-state index in [2.05, 4.69) is 5.32 Å². The van der Waals surface area contributed by atoms with Gasteiger partial charge in [-0.1, -0.05) is 121 Å². The summed E-state index contributed by atoms with van der Waals surface area (Å²) >= 11 is 0. The van der Waals surface area contributed by atoms with Crippen molar-refractivity contribution in [3.05, 3.63) is 144 Å². The van der Waals surface area contributed by atoms with Gasteiger partial charge in [-0.15, -0.1) is 0 Å². The van der Waals surface area contributed by atoms with Gasteiger partial charge in [-0.25, -0.2) is 9.36 Å². The summed E-state index contributed by atoms with van der Waals surface area (Å²) in [6, 6.07) is 37.2. The summed E-state index contributed by atoms with van der Waals surface area (Å²) in [6.07, 6.45) is -0.174. The lowest BCUT2D eigenvalue weighted by molar-refractivity contribution is 0.0904. The van der Waals surface area contributed by atoms with Crippen molar-refractivity contribution in [3.8, 4) is 0 Å². The number of hydrogen-bond acceptors (Lipinski definition) is 6. The van der Waals surface area contributed by atoms with E-state index < -0.39 is 20.0 Å². The summed E-state index contributed by atoms with van der Waals surface area (Å²) in [4.78, 5) is 12.6. The number of amides is 1. The Morgan fingerprint density at radius 3 is 1.46 bits per heavy atom. The van der Waals surface area contributed by atoms with Gasteiger partial charge in [0.15, 0.2) is 0 Å². The minimum absolute atomic E-state index is 0.0444. The molecule has 0 spiro atoms. The fourth-order valence-corrected chi connectivity index (χ4v) is 4.93. The molecule has 202 valence electrons. The Bertz CT molecular complexity index is 1260. The molecule has 7 nitrogen and oxygen atoms in total. The smallest absolute Gasteiger partial charge is 0.445 e. The molecule has 1 amide bonds. The SMILES string of the molecule is O=C(N[C@H](COP(=O)(OCc1ccccc1)OCc1ccccc1)Cc1ccccc1)OCc1ccccc1. The zero-order chi connectivity index (χ0) is 27.2. The normalized spacial score (nSPS) is 12.0. The molecule has 0 saturated carbocycles. The summed E-state index contributed by atoms with van der Waals surface area (Å²) in [5.74, 6) is 0. The van der Waals surface area contributed by atoms with Gasteiger partial charge in [0.05, 0.1) is 25.9 Å². The van der Waals surface area contributed by atoms with Crippen molar-refractivity contribution in [1.29, 1.82) is 0 Å². The highest BCUT2D eigenvalue weighted by molar-refractivity contribution is 7.48. The molecular formula is C31H32NO6P. The van der Waals surface area contributed by atoms with Crippen molar-refractivity contribution in [1.82, 2.24) is 5.32 Å². The lowest BCUT2D eigenvalue weighted by Crippen LogP contribution is -2.40. The third-order valence-electron chi connectivity index (χ3n) is 5.76. The second kappa shape index (κ2) is 15.0. The van der Waals surface area contributed by atoms with E-state index in [9.17, 15) is 9.36 Å². The number of carbonyl (C=O) groups excluding carboxylic acids is 1. The zero-order valence-corrected chi connectivity index (χ0v) is 22.5. The van der Waals surface area contributed by atoms with Crippen LogP contribution in [0.2, 0.25) is 0 Å². The van der Waals surface area contributed by atoms with Crippen LogP contribution < -0.4 is 5.32 Å². The Morgan fingerprint density at radius 2 is 1.00 bits per heavy atom. The molecule has 4 aromatic rings. The summed E-state index contributed by atoms with van der Waals surface area (Å²) in [5.41, 5.74) is 3.50. The summed E-state index contributed by atoms with van der Waals surface area (Å²) < 4.78 is 36.3. The van der Waals surface area contributed by atoms with Crippen LogP contribution in [0.1, 0.15) is 22.3 Å². The molecule has 0 aliphatic rings. The summed E-state index contributed by atoms with van der Waals surface area (Å²) in [6.45, 7) is 0.103. The maximum atomic E-state index is 13.7. The predicted molar refractivity (Wildman–Crippen MR) is 150 cm³/mol. The average Bonchev–Trinajstić information content (AvgIpc) is 2.99. The van der Waals surface area contributed by atoms with Crippen LogP contribution >= 0.6 is 7.82 Å². The van der Waals surface area contributed by atoms with Crippen LogP contribution in [-0.2, 0) is 49.1 Å². The second-order valence-electron chi connectivity index (χ2n) is 8.85. The van der Waals surface area contributed by atoms with Gasteiger partial charge < -0.3 is 10.1 Å². The molecule has 8 heteroatoms. The number of alkyl carbamates (subject to hydrolysis) is 1. The first kappa shape index (κ1) is 28.3. The fourth-order valence-electron chi connectivity index (χ4n) is 3.73. The topological polar surface area (TPSA) is 83.1 Å². The van der Waals surface area contributed by atoms with Crippen LogP contribution in [0.15, 0.2) is 121 Å². The number of carbonyl (C=O) groups is 1. The molecule has 0 heterocycles. The standard InChI is InChI=1S/C31H32NO6P/c33-31(35-22-27-15-7-2-8-16-27)32-30(21-26-13-5-1-6-14-26)25-38-39(34,36-23-28-17-9-3-10-18-28)37-24-29-19-11-4-12-20-29/h1-20,30H,21-25H2,(H,32,33)/t30-/m0/s1. The third kappa shape index (κ3) is 10.2. The van der Waals surface area contributed by atoms with Gasteiger partial charge in [-0.3, -0.25) is 13.6 Å². The summed E-state index contributed by atoms with van der Waals surface area (Å²) in [7, 11) is -4.01. The van der Waals surface area contributed by atoms with Crippen molar-refractivity contribution in [2.75, 3.05) is 6.61 Å². The average molecular weight is 546 g/mol. The largest absolute Gasteiger partial charge is 0.475 e. The van der Waals surface area contributed by atoms with Crippen LogP contribution in [-0.4, -0.2) is 18.7 Å². The number of benzene rings is 4. The molecule has 0 saturated heterocycles. The van der Waals surface area contributed by atoms with E-state index in [-0.39, 0.29) is 26.4 Å². The lowest BCUT2D eigenvalue weighted by Gasteiger charge is -2.23. The van der Waals surface area contributed by atoms with Crippen LogP contribution in [0.5, 0.6) is 0 Å². The third-order valence-corrected chi connectivity index (χ3v) is 7.11. The number of rotatable bonds is 14. The number of phosphoric acid groups is 1. The Balaban J connectivity index is 1.42. The van der Waals surface area contributed by atoms with Crippen molar-refractivity contribution in [2.45, 2.75) is 32.3 Å². The number of hydrogen-bond donors (Lipinski definition) is 1. The first-order chi connectivity index (χ1) is 19.1. The van der Waals surface area contributed by atoms with Gasteiger partial charge in [0.2, 0.25) is 0 Å². The highest BCUT2D eigenvalue weighted by atomic mass is 31.2. The first-order valence-electron chi connectivity index (χ1n) is 12.7. The molecule has 0 aliphatic heterocycles. The molecule has 0 aromatic heterocycles. The first-order valence-corrected chi connectivity index (χ1v) is 14.2. The highest BCUT2D eigenvalue weighted by Crippen LogP contribution is 2.51. The van der Waals surface area contributed by atoms with E-state index in [1.165, 1.54) is 0 Å². The minimum atomic E-state index is -4.01. The van der Waals surface area contributed by atoms with Crippen LogP contribution in [0, 0.1) is 0 Å². The van der Waals surface area contributed by atoms with E-state index in [0.717, 1.165) is 22.3 Å². The van der Waals surface area contributed by atoms with Gasteiger partial charge in [-0.05, 0) is 28.7 Å². The summed E-state index contributed by atoms with van der Waals surface area (Å²) in [5, 5.41) is 2.84. The van der Waals surface area contributed by atoms with Gasteiger partial charge in [0.1, 0.15) is 6.61 Å². The van der Waals surface area contributed by atoms with Crippen molar-refractivity contribution < 1.29 is 27.7 Å². The Morgan fingerprint density at radius 1 is 0.590 bits per heavy atom. The van der Waals surface area contributed by atoms with Crippen LogP contribution in [0.3, 0.4) is 0 Å². The molecular weight excluding hydrogens is 513 g/mol. The molecule has 0 bridgehead atoms. The molecule has 1 atom stereocenters. The van der Waals surface area contributed by atoms with Gasteiger partial charge in [-0.2, -0.15) is 0 Å². The van der Waals surface area contributed by atoms with Gasteiger partial charge in [0.25, 0.3) is 0 Å². The highest BCUT2D eigenvalue weighted by Gasteiger charge is 2.29. The number of nitrogens with one attached hydrogen (secondary N) is 1. The molecule has 0 aliphatic carbocycles. The van der Waals surface area contributed by atoms with E-state index in [1.54, 1.807) is 0 Å². The number of ether oxygens (including phenoxy) is 1. The maximum absolute atomic E-state index is 13.7. The second-order valence-corrected chi connectivity index (χ2v) is 10.5. The van der Waals surface area contributed by atoms with E-state index in [1.807, 2.05) is 121 Å².